The summed E-state index contributed by atoms with van der Waals surface area (Å²) in [7, 11) is -2.16. The van der Waals surface area contributed by atoms with Crippen molar-refractivity contribution in [2.45, 2.75) is 50.1 Å². The summed E-state index contributed by atoms with van der Waals surface area (Å²) in [4.78, 5) is 45.6. The molecule has 0 spiro atoms. The molecule has 3 aromatic rings. The maximum absolute atomic E-state index is 13.5. The standard InChI is InChI=1S/C30H34N4O6S.HI/c1-4-33(29(36)24-12-8-18-32(3)21-24)40-30(37)26(20-23-10-6-5-7-11-23)31-28(35)27-13-9-19-34(27)41(38,39)25-16-14-22(2)15-17-25;/h5-8,10-12,14-18,21,26-27H,4,9,13,19-20H2,1-3H3;1H. The number of halogens is 1. The number of carbonyl (C=O) groups is 3. The quantitative estimate of drug-likeness (QED) is 0.179. The Morgan fingerprint density at radius 2 is 1.76 bits per heavy atom. The number of hydrogen-bond donors (Lipinski definition) is 1. The van der Waals surface area contributed by atoms with Crippen LogP contribution in [0.3, 0.4) is 0 Å². The van der Waals surface area contributed by atoms with Gasteiger partial charge < -0.3 is 34.1 Å². The predicted octanol–water partition coefficient (Wildman–Crippen LogP) is -0.675. The zero-order chi connectivity index (χ0) is 29.6. The minimum Gasteiger partial charge on any atom is -1.00 e. The number of aromatic nitrogens is 1. The molecule has 42 heavy (non-hydrogen) atoms. The molecule has 10 nitrogen and oxygen atoms in total. The SMILES string of the molecule is CCN(OC(=O)C(Cc1ccccc1)NC(=O)C1CCCN1S(=O)(=O)c1ccc(C)cc1)C(=O)c1ccc[n+](C)c1.[I-]. The highest BCUT2D eigenvalue weighted by Gasteiger charge is 2.41. The molecule has 2 amide bonds. The van der Waals surface area contributed by atoms with E-state index in [4.69, 9.17) is 4.84 Å². The van der Waals surface area contributed by atoms with Gasteiger partial charge in [-0.25, -0.2) is 17.8 Å². The number of benzene rings is 2. The molecule has 12 heteroatoms. The van der Waals surface area contributed by atoms with E-state index in [-0.39, 0.29) is 48.4 Å². The molecule has 2 aromatic carbocycles. The van der Waals surface area contributed by atoms with Crippen LogP contribution in [-0.2, 0) is 37.9 Å². The maximum Gasteiger partial charge on any atom is 0.354 e. The van der Waals surface area contributed by atoms with Crippen LogP contribution in [0.5, 0.6) is 0 Å². The average Bonchev–Trinajstić information content (AvgIpc) is 3.47. The lowest BCUT2D eigenvalue weighted by Gasteiger charge is -2.27. The molecule has 224 valence electrons. The van der Waals surface area contributed by atoms with Gasteiger partial charge in [-0.2, -0.15) is 9.37 Å². The minimum atomic E-state index is -3.93. The van der Waals surface area contributed by atoms with Gasteiger partial charge in [0.1, 0.15) is 24.7 Å². The Balaban J connectivity index is 0.00000484. The topological polar surface area (TPSA) is 117 Å². The third kappa shape index (κ3) is 7.92. The van der Waals surface area contributed by atoms with Crippen molar-refractivity contribution in [3.8, 4) is 0 Å². The number of pyridine rings is 1. The molecular weight excluding hydrogens is 671 g/mol. The molecule has 1 aromatic heterocycles. The van der Waals surface area contributed by atoms with Gasteiger partial charge in [-0.3, -0.25) is 9.59 Å². The molecule has 0 radical (unpaired) electrons. The number of hydrogen-bond acceptors (Lipinski definition) is 6. The van der Waals surface area contributed by atoms with Gasteiger partial charge in [0.2, 0.25) is 15.9 Å². The maximum atomic E-state index is 13.5. The van der Waals surface area contributed by atoms with E-state index < -0.39 is 39.9 Å². The van der Waals surface area contributed by atoms with E-state index in [1.54, 1.807) is 55.2 Å². The van der Waals surface area contributed by atoms with Gasteiger partial charge in [0, 0.05) is 19.0 Å². The van der Waals surface area contributed by atoms with Crippen molar-refractivity contribution in [1.29, 1.82) is 0 Å². The van der Waals surface area contributed by atoms with Gasteiger partial charge in [0.05, 0.1) is 11.4 Å². The molecule has 4 rings (SSSR count). The number of hydroxylamine groups is 2. The van der Waals surface area contributed by atoms with Crippen molar-refractivity contribution >= 4 is 27.8 Å². The monoisotopic (exact) mass is 706 g/mol. The molecule has 1 aliphatic heterocycles. The molecule has 2 unspecified atom stereocenters. The fourth-order valence-electron chi connectivity index (χ4n) is 4.73. The number of nitrogens with zero attached hydrogens (tertiary/aromatic N) is 3. The smallest absolute Gasteiger partial charge is 0.354 e. The third-order valence-corrected chi connectivity index (χ3v) is 8.84. The van der Waals surface area contributed by atoms with E-state index in [9.17, 15) is 22.8 Å². The molecule has 2 heterocycles. The second-order valence-corrected chi connectivity index (χ2v) is 11.9. The lowest BCUT2D eigenvalue weighted by Crippen LogP contribution is -3.00. The van der Waals surface area contributed by atoms with Crippen molar-refractivity contribution in [2.75, 3.05) is 13.1 Å². The first-order valence-electron chi connectivity index (χ1n) is 13.5. The number of sulfonamides is 1. The van der Waals surface area contributed by atoms with Gasteiger partial charge in [-0.05, 0) is 50.5 Å². The molecule has 1 aliphatic rings. The summed E-state index contributed by atoms with van der Waals surface area (Å²) >= 11 is 0. The first kappa shape index (κ1) is 33.1. The van der Waals surface area contributed by atoms with E-state index in [0.717, 1.165) is 16.2 Å². The summed E-state index contributed by atoms with van der Waals surface area (Å²) in [5.74, 6) is -1.93. The molecule has 2 atom stereocenters. The summed E-state index contributed by atoms with van der Waals surface area (Å²) < 4.78 is 29.7. The Labute approximate surface area is 263 Å². The number of carbonyl (C=O) groups excluding carboxylic acids is 3. The van der Waals surface area contributed by atoms with Crippen LogP contribution in [0.1, 0.15) is 41.3 Å². The minimum absolute atomic E-state index is 0. The van der Waals surface area contributed by atoms with Crippen LogP contribution in [0.4, 0.5) is 0 Å². The average molecular weight is 707 g/mol. The number of rotatable bonds is 9. The molecule has 0 aliphatic carbocycles. The highest BCUT2D eigenvalue weighted by molar-refractivity contribution is 7.89. The summed E-state index contributed by atoms with van der Waals surface area (Å²) in [6.45, 7) is 3.81. The first-order valence-corrected chi connectivity index (χ1v) is 15.0. The highest BCUT2D eigenvalue weighted by Crippen LogP contribution is 2.26. The van der Waals surface area contributed by atoms with Crippen LogP contribution in [0.25, 0.3) is 0 Å². The van der Waals surface area contributed by atoms with Crippen molar-refractivity contribution in [1.82, 2.24) is 14.7 Å². The second-order valence-electron chi connectivity index (χ2n) is 10.0. The summed E-state index contributed by atoms with van der Waals surface area (Å²) in [6.07, 6.45) is 4.30. The van der Waals surface area contributed by atoms with Crippen LogP contribution >= 0.6 is 0 Å². The van der Waals surface area contributed by atoms with Crippen LogP contribution in [0.15, 0.2) is 84.0 Å². The van der Waals surface area contributed by atoms with Gasteiger partial charge in [0.25, 0.3) is 5.91 Å². The van der Waals surface area contributed by atoms with Crippen molar-refractivity contribution in [3.05, 3.63) is 95.8 Å². The van der Waals surface area contributed by atoms with Crippen LogP contribution < -0.4 is 33.9 Å². The van der Waals surface area contributed by atoms with E-state index in [1.165, 1.54) is 16.4 Å². The zero-order valence-corrected chi connectivity index (χ0v) is 26.7. The van der Waals surface area contributed by atoms with E-state index in [2.05, 4.69) is 5.32 Å². The summed E-state index contributed by atoms with van der Waals surface area (Å²) in [5.41, 5.74) is 2.01. The molecule has 1 saturated heterocycles. The molecular formula is C30H35IN4O6S. The Hall–Kier alpha value is -3.36. The van der Waals surface area contributed by atoms with Gasteiger partial charge >= 0.3 is 5.97 Å². The molecule has 1 fully saturated rings. The third-order valence-electron chi connectivity index (χ3n) is 6.92. The van der Waals surface area contributed by atoms with Crippen molar-refractivity contribution < 1.29 is 56.2 Å². The Kier molecular flexibility index (Phi) is 11.6. The number of nitrogens with one attached hydrogen (secondary N) is 1. The lowest BCUT2D eigenvalue weighted by atomic mass is 10.1. The Morgan fingerprint density at radius 1 is 1.07 bits per heavy atom. The molecule has 1 N–H and O–H groups in total. The fourth-order valence-corrected chi connectivity index (χ4v) is 6.38. The summed E-state index contributed by atoms with van der Waals surface area (Å²) in [5, 5.41) is 3.68. The molecule has 0 saturated carbocycles. The van der Waals surface area contributed by atoms with Gasteiger partial charge in [-0.1, -0.05) is 48.0 Å². The summed E-state index contributed by atoms with van der Waals surface area (Å²) in [6, 6.07) is 16.7. The van der Waals surface area contributed by atoms with E-state index in [0.29, 0.717) is 18.4 Å². The Morgan fingerprint density at radius 3 is 2.40 bits per heavy atom. The van der Waals surface area contributed by atoms with Gasteiger partial charge in [0.15, 0.2) is 12.4 Å². The van der Waals surface area contributed by atoms with Crippen LogP contribution in [-0.4, -0.2) is 60.7 Å². The lowest BCUT2D eigenvalue weighted by molar-refractivity contribution is -0.671. The number of aryl methyl sites for hydroxylation is 2. The fraction of sp³-hybridized carbons (Fsp3) is 0.333. The van der Waals surface area contributed by atoms with Gasteiger partial charge in [-0.15, -0.1) is 0 Å². The largest absolute Gasteiger partial charge is 1.00 e. The molecule has 0 bridgehead atoms. The van der Waals surface area contributed by atoms with E-state index >= 15 is 0 Å². The normalized spacial score (nSPS) is 15.7. The van der Waals surface area contributed by atoms with Crippen LogP contribution in [0.2, 0.25) is 0 Å². The zero-order valence-electron chi connectivity index (χ0n) is 23.8. The number of amides is 2. The van der Waals surface area contributed by atoms with E-state index in [1.807, 2.05) is 37.3 Å². The second kappa shape index (κ2) is 14.7. The van der Waals surface area contributed by atoms with Crippen LogP contribution in [0, 0.1) is 6.92 Å². The predicted molar refractivity (Wildman–Crippen MR) is 151 cm³/mol. The van der Waals surface area contributed by atoms with Crippen molar-refractivity contribution in [2.24, 2.45) is 7.05 Å². The first-order chi connectivity index (χ1) is 19.6. The van der Waals surface area contributed by atoms with Crippen molar-refractivity contribution in [3.63, 3.8) is 0 Å². The Bertz CT molecular complexity index is 1500. The highest BCUT2D eigenvalue weighted by atomic mass is 127.